The van der Waals surface area contributed by atoms with E-state index in [1.165, 1.54) is 11.1 Å². The van der Waals surface area contributed by atoms with Crippen LogP contribution in [0.3, 0.4) is 0 Å². The van der Waals surface area contributed by atoms with E-state index in [0.29, 0.717) is 11.4 Å². The molecule has 25 heavy (non-hydrogen) atoms. The number of benzene rings is 1. The number of nitrogens with one attached hydrogen (secondary N) is 1. The molecule has 132 valence electrons. The van der Waals surface area contributed by atoms with E-state index < -0.39 is 0 Å². The number of rotatable bonds is 6. The predicted octanol–water partition coefficient (Wildman–Crippen LogP) is 2.75. The van der Waals surface area contributed by atoms with Crippen LogP contribution in [0.5, 0.6) is 5.75 Å². The molecular weight excluding hydrogens is 318 g/mol. The lowest BCUT2D eigenvalue weighted by molar-refractivity contribution is -0.115. The SMILES string of the molecule is CC(C)Oc1ccccc1CC(=O)Nc1ccnc(C(=O)N(C)C)c1. The summed E-state index contributed by atoms with van der Waals surface area (Å²) in [4.78, 5) is 29.8. The summed E-state index contributed by atoms with van der Waals surface area (Å²) in [7, 11) is 3.31. The Hall–Kier alpha value is -2.89. The first-order valence-electron chi connectivity index (χ1n) is 8.09. The molecule has 1 heterocycles. The second kappa shape index (κ2) is 8.28. The monoisotopic (exact) mass is 341 g/mol. The van der Waals surface area contributed by atoms with Crippen LogP contribution < -0.4 is 10.1 Å². The fraction of sp³-hybridized carbons (Fsp3) is 0.316. The molecule has 2 rings (SSSR count). The summed E-state index contributed by atoms with van der Waals surface area (Å²) in [5.74, 6) is 0.298. The van der Waals surface area contributed by atoms with E-state index in [1.807, 2.05) is 38.1 Å². The maximum absolute atomic E-state index is 12.4. The van der Waals surface area contributed by atoms with Crippen LogP contribution in [0.2, 0.25) is 0 Å². The molecule has 0 aliphatic carbocycles. The quantitative estimate of drug-likeness (QED) is 0.877. The highest BCUT2D eigenvalue weighted by atomic mass is 16.5. The first kappa shape index (κ1) is 18.4. The first-order valence-corrected chi connectivity index (χ1v) is 8.09. The number of amides is 2. The van der Waals surface area contributed by atoms with Crippen LogP contribution in [0.15, 0.2) is 42.6 Å². The van der Waals surface area contributed by atoms with Crippen LogP contribution in [0.25, 0.3) is 0 Å². The number of carbonyl (C=O) groups excluding carboxylic acids is 2. The molecule has 6 nitrogen and oxygen atoms in total. The van der Waals surface area contributed by atoms with E-state index in [-0.39, 0.29) is 30.0 Å². The zero-order valence-corrected chi connectivity index (χ0v) is 14.9. The summed E-state index contributed by atoms with van der Waals surface area (Å²) < 4.78 is 5.73. The van der Waals surface area contributed by atoms with Crippen molar-refractivity contribution >= 4 is 17.5 Å². The van der Waals surface area contributed by atoms with E-state index in [9.17, 15) is 9.59 Å². The third kappa shape index (κ3) is 5.31. The fourth-order valence-corrected chi connectivity index (χ4v) is 2.25. The standard InChI is InChI=1S/C19H23N3O3/c1-13(2)25-17-8-6-5-7-14(17)11-18(23)21-15-9-10-20-16(12-15)19(24)22(3)4/h5-10,12-13H,11H2,1-4H3,(H,20,21,23). The number of anilines is 1. The highest BCUT2D eigenvalue weighted by molar-refractivity contribution is 5.96. The molecule has 1 aromatic carbocycles. The van der Waals surface area contributed by atoms with Gasteiger partial charge in [0.2, 0.25) is 5.91 Å². The number of aromatic nitrogens is 1. The highest BCUT2D eigenvalue weighted by Crippen LogP contribution is 2.20. The molecule has 0 unspecified atom stereocenters. The zero-order valence-electron chi connectivity index (χ0n) is 14.9. The van der Waals surface area contributed by atoms with Gasteiger partial charge in [0.1, 0.15) is 11.4 Å². The van der Waals surface area contributed by atoms with Crippen molar-refractivity contribution in [1.29, 1.82) is 0 Å². The average molecular weight is 341 g/mol. The molecule has 0 spiro atoms. The Labute approximate surface area is 147 Å². The molecule has 0 atom stereocenters. The maximum Gasteiger partial charge on any atom is 0.272 e. The lowest BCUT2D eigenvalue weighted by Crippen LogP contribution is -2.23. The Bertz CT molecular complexity index is 757. The highest BCUT2D eigenvalue weighted by Gasteiger charge is 2.13. The topological polar surface area (TPSA) is 71.5 Å². The largest absolute Gasteiger partial charge is 0.491 e. The van der Waals surface area contributed by atoms with Crippen molar-refractivity contribution in [3.8, 4) is 5.75 Å². The Kier molecular flexibility index (Phi) is 6.11. The summed E-state index contributed by atoms with van der Waals surface area (Å²) >= 11 is 0. The molecule has 6 heteroatoms. The lowest BCUT2D eigenvalue weighted by Gasteiger charge is -2.14. The van der Waals surface area contributed by atoms with Gasteiger partial charge >= 0.3 is 0 Å². The normalized spacial score (nSPS) is 10.4. The van der Waals surface area contributed by atoms with Gasteiger partial charge in [-0.3, -0.25) is 14.6 Å². The van der Waals surface area contributed by atoms with Gasteiger partial charge in [-0.1, -0.05) is 18.2 Å². The molecule has 1 aromatic heterocycles. The van der Waals surface area contributed by atoms with E-state index in [4.69, 9.17) is 4.74 Å². The molecule has 0 aliphatic heterocycles. The summed E-state index contributed by atoms with van der Waals surface area (Å²) in [6, 6.07) is 10.7. The Morgan fingerprint density at radius 2 is 1.92 bits per heavy atom. The first-order chi connectivity index (χ1) is 11.9. The van der Waals surface area contributed by atoms with Crippen LogP contribution in [-0.4, -0.2) is 41.9 Å². The molecule has 0 radical (unpaired) electrons. The summed E-state index contributed by atoms with van der Waals surface area (Å²) in [6.07, 6.45) is 1.72. The summed E-state index contributed by atoms with van der Waals surface area (Å²) in [5, 5.41) is 2.80. The van der Waals surface area contributed by atoms with Gasteiger partial charge in [-0.2, -0.15) is 0 Å². The molecule has 0 aliphatic rings. The molecule has 0 fully saturated rings. The molecular formula is C19H23N3O3. The maximum atomic E-state index is 12.4. The second-order valence-electron chi connectivity index (χ2n) is 6.13. The fourth-order valence-electron chi connectivity index (χ4n) is 2.25. The summed E-state index contributed by atoms with van der Waals surface area (Å²) in [6.45, 7) is 3.88. The van der Waals surface area contributed by atoms with Crippen molar-refractivity contribution in [1.82, 2.24) is 9.88 Å². The van der Waals surface area contributed by atoms with Gasteiger partial charge in [-0.05, 0) is 32.0 Å². The van der Waals surface area contributed by atoms with E-state index in [1.54, 1.807) is 26.2 Å². The minimum Gasteiger partial charge on any atom is -0.491 e. The van der Waals surface area contributed by atoms with Gasteiger partial charge in [-0.25, -0.2) is 0 Å². The van der Waals surface area contributed by atoms with Crippen molar-refractivity contribution < 1.29 is 14.3 Å². The van der Waals surface area contributed by atoms with Crippen molar-refractivity contribution in [2.45, 2.75) is 26.4 Å². The number of hydrogen-bond acceptors (Lipinski definition) is 4. The van der Waals surface area contributed by atoms with Crippen molar-refractivity contribution in [3.05, 3.63) is 53.9 Å². The molecule has 0 bridgehead atoms. The van der Waals surface area contributed by atoms with Crippen LogP contribution in [-0.2, 0) is 11.2 Å². The minimum atomic E-state index is -0.216. The van der Waals surface area contributed by atoms with Crippen LogP contribution in [0, 0.1) is 0 Å². The van der Waals surface area contributed by atoms with Gasteiger partial charge in [0.25, 0.3) is 5.91 Å². The Morgan fingerprint density at radius 3 is 2.60 bits per heavy atom. The minimum absolute atomic E-state index is 0.0315. The molecule has 0 saturated heterocycles. The number of ether oxygens (including phenoxy) is 1. The van der Waals surface area contributed by atoms with Gasteiger partial charge in [0.05, 0.1) is 12.5 Å². The molecule has 1 N–H and O–H groups in total. The number of carbonyl (C=O) groups is 2. The van der Waals surface area contributed by atoms with Crippen molar-refractivity contribution in [3.63, 3.8) is 0 Å². The molecule has 2 aromatic rings. The lowest BCUT2D eigenvalue weighted by atomic mass is 10.1. The Balaban J connectivity index is 2.09. The number of hydrogen-bond donors (Lipinski definition) is 1. The number of pyridine rings is 1. The van der Waals surface area contributed by atoms with Gasteiger partial charge in [0, 0.05) is 31.5 Å². The van der Waals surface area contributed by atoms with E-state index in [2.05, 4.69) is 10.3 Å². The van der Waals surface area contributed by atoms with Gasteiger partial charge in [0.15, 0.2) is 0 Å². The molecule has 2 amide bonds. The number of para-hydroxylation sites is 1. The smallest absolute Gasteiger partial charge is 0.272 e. The summed E-state index contributed by atoms with van der Waals surface area (Å²) in [5.41, 5.74) is 1.63. The zero-order chi connectivity index (χ0) is 18.4. The number of nitrogens with zero attached hydrogens (tertiary/aromatic N) is 2. The third-order valence-electron chi connectivity index (χ3n) is 3.36. The average Bonchev–Trinajstić information content (AvgIpc) is 2.55. The van der Waals surface area contributed by atoms with E-state index in [0.717, 1.165) is 5.56 Å². The van der Waals surface area contributed by atoms with Crippen LogP contribution in [0.1, 0.15) is 29.9 Å². The van der Waals surface area contributed by atoms with Crippen LogP contribution >= 0.6 is 0 Å². The Morgan fingerprint density at radius 1 is 1.20 bits per heavy atom. The van der Waals surface area contributed by atoms with Gasteiger partial charge in [-0.15, -0.1) is 0 Å². The van der Waals surface area contributed by atoms with Crippen molar-refractivity contribution in [2.75, 3.05) is 19.4 Å². The van der Waals surface area contributed by atoms with E-state index >= 15 is 0 Å². The van der Waals surface area contributed by atoms with Crippen molar-refractivity contribution in [2.24, 2.45) is 0 Å². The second-order valence-corrected chi connectivity index (χ2v) is 6.13. The van der Waals surface area contributed by atoms with Gasteiger partial charge < -0.3 is 15.0 Å². The molecule has 0 saturated carbocycles. The third-order valence-corrected chi connectivity index (χ3v) is 3.36. The van der Waals surface area contributed by atoms with Crippen LogP contribution in [0.4, 0.5) is 5.69 Å². The predicted molar refractivity (Wildman–Crippen MR) is 96.8 cm³/mol.